The molecular weight excluding hydrogens is 300 g/mol. The van der Waals surface area contributed by atoms with E-state index in [0.717, 1.165) is 18.4 Å². The zero-order valence-corrected chi connectivity index (χ0v) is 13.0. The van der Waals surface area contributed by atoms with Gasteiger partial charge in [0.25, 0.3) is 0 Å². The number of aromatic nitrogens is 1. The number of hydrogen-bond donors (Lipinski definition) is 0. The maximum absolute atomic E-state index is 4.06. The van der Waals surface area contributed by atoms with Gasteiger partial charge in [0.2, 0.25) is 0 Å². The molecule has 2 aromatic rings. The first kappa shape index (κ1) is 14.1. The summed E-state index contributed by atoms with van der Waals surface area (Å²) in [4.78, 5) is 6.44. The minimum absolute atomic E-state index is 0.912. The normalized spacial score (nSPS) is 10.5. The molecule has 19 heavy (non-hydrogen) atoms. The Morgan fingerprint density at radius 1 is 1.16 bits per heavy atom. The minimum atomic E-state index is 0.912. The van der Waals surface area contributed by atoms with Gasteiger partial charge in [-0.3, -0.25) is 4.98 Å². The highest BCUT2D eigenvalue weighted by Crippen LogP contribution is 2.22. The molecule has 2 rings (SSSR count). The fourth-order valence-electron chi connectivity index (χ4n) is 2.12. The predicted molar refractivity (Wildman–Crippen MR) is 84.8 cm³/mol. The van der Waals surface area contributed by atoms with Crippen molar-refractivity contribution in [2.75, 3.05) is 11.4 Å². The van der Waals surface area contributed by atoms with Gasteiger partial charge in [-0.05, 0) is 54.8 Å². The van der Waals surface area contributed by atoms with Crippen LogP contribution in [0.25, 0.3) is 0 Å². The molecule has 0 saturated heterocycles. The Hall–Kier alpha value is -1.35. The molecule has 100 valence electrons. The van der Waals surface area contributed by atoms with E-state index in [4.69, 9.17) is 0 Å². The lowest BCUT2D eigenvalue weighted by Gasteiger charge is -2.24. The maximum atomic E-state index is 4.06. The fraction of sp³-hybridized carbons (Fsp3) is 0.312. The van der Waals surface area contributed by atoms with Crippen LogP contribution in [0.2, 0.25) is 0 Å². The third kappa shape index (κ3) is 3.57. The second-order valence-corrected chi connectivity index (χ2v) is 5.17. The number of rotatable bonds is 5. The van der Waals surface area contributed by atoms with Gasteiger partial charge in [0.15, 0.2) is 0 Å². The van der Waals surface area contributed by atoms with Crippen LogP contribution in [-0.4, -0.2) is 11.5 Å². The van der Waals surface area contributed by atoms with Crippen LogP contribution in [0.3, 0.4) is 0 Å². The molecule has 3 heteroatoms. The van der Waals surface area contributed by atoms with Crippen LogP contribution in [0.5, 0.6) is 0 Å². The minimum Gasteiger partial charge on any atom is -0.367 e. The van der Waals surface area contributed by atoms with Gasteiger partial charge in [-0.25, -0.2) is 0 Å². The molecule has 0 amide bonds. The molecule has 0 unspecified atom stereocenters. The van der Waals surface area contributed by atoms with Gasteiger partial charge in [0.05, 0.1) is 0 Å². The van der Waals surface area contributed by atoms with E-state index < -0.39 is 0 Å². The number of halogens is 1. The van der Waals surface area contributed by atoms with Crippen molar-refractivity contribution in [2.45, 2.75) is 25.7 Å². The van der Waals surface area contributed by atoms with Crippen LogP contribution in [0.4, 0.5) is 5.69 Å². The number of anilines is 1. The van der Waals surface area contributed by atoms with Crippen molar-refractivity contribution in [3.63, 3.8) is 0 Å². The average molecular weight is 319 g/mol. The van der Waals surface area contributed by atoms with Gasteiger partial charge in [-0.15, -0.1) is 0 Å². The predicted octanol–water partition coefficient (Wildman–Crippen LogP) is 4.31. The smallest absolute Gasteiger partial charge is 0.0430 e. The number of hydrogen-bond acceptors (Lipinski definition) is 2. The number of nitrogens with zero attached hydrogens (tertiary/aromatic N) is 2. The standard InChI is InChI=1S/C16H19BrN2/c1-3-19(12-14-6-8-18-9-7-14)16-5-4-15(11-17)13(2)10-16/h4-10H,3,11-12H2,1-2H3. The van der Waals surface area contributed by atoms with Gasteiger partial charge in [-0.2, -0.15) is 0 Å². The highest BCUT2D eigenvalue weighted by atomic mass is 79.9. The summed E-state index contributed by atoms with van der Waals surface area (Å²) in [6.45, 7) is 6.27. The fourth-order valence-corrected chi connectivity index (χ4v) is 2.75. The van der Waals surface area contributed by atoms with Crippen molar-refractivity contribution in [1.29, 1.82) is 0 Å². The zero-order valence-electron chi connectivity index (χ0n) is 11.4. The lowest BCUT2D eigenvalue weighted by atomic mass is 10.1. The van der Waals surface area contributed by atoms with Crippen LogP contribution >= 0.6 is 15.9 Å². The van der Waals surface area contributed by atoms with Gasteiger partial charge in [0.1, 0.15) is 0 Å². The van der Waals surface area contributed by atoms with E-state index in [0.29, 0.717) is 0 Å². The summed E-state index contributed by atoms with van der Waals surface area (Å²) < 4.78 is 0. The van der Waals surface area contributed by atoms with Crippen molar-refractivity contribution in [3.8, 4) is 0 Å². The van der Waals surface area contributed by atoms with Crippen LogP contribution < -0.4 is 4.90 Å². The largest absolute Gasteiger partial charge is 0.367 e. The molecule has 0 bridgehead atoms. The number of alkyl halides is 1. The maximum Gasteiger partial charge on any atom is 0.0430 e. The van der Waals surface area contributed by atoms with Crippen molar-refractivity contribution < 1.29 is 0 Å². The van der Waals surface area contributed by atoms with Gasteiger partial charge >= 0.3 is 0 Å². The van der Waals surface area contributed by atoms with E-state index in [1.807, 2.05) is 12.4 Å². The molecule has 0 saturated carbocycles. The summed E-state index contributed by atoms with van der Waals surface area (Å²) >= 11 is 3.52. The van der Waals surface area contributed by atoms with E-state index in [1.54, 1.807) is 0 Å². The molecule has 1 heterocycles. The van der Waals surface area contributed by atoms with E-state index in [-0.39, 0.29) is 0 Å². The van der Waals surface area contributed by atoms with Gasteiger partial charge in [0, 0.05) is 36.5 Å². The Bertz CT molecular complexity index is 526. The molecule has 0 spiro atoms. The summed E-state index contributed by atoms with van der Waals surface area (Å²) in [6.07, 6.45) is 3.70. The first-order chi connectivity index (χ1) is 9.24. The SMILES string of the molecule is CCN(Cc1ccncc1)c1ccc(CBr)c(C)c1. The molecule has 0 radical (unpaired) electrons. The molecule has 0 aliphatic heterocycles. The van der Waals surface area contributed by atoms with E-state index in [1.165, 1.54) is 22.4 Å². The molecule has 0 aliphatic carbocycles. The van der Waals surface area contributed by atoms with Gasteiger partial charge in [-0.1, -0.05) is 22.0 Å². The average Bonchev–Trinajstić information content (AvgIpc) is 2.46. The van der Waals surface area contributed by atoms with Crippen LogP contribution in [0.15, 0.2) is 42.7 Å². The summed E-state index contributed by atoms with van der Waals surface area (Å²) in [6, 6.07) is 10.8. The van der Waals surface area contributed by atoms with Crippen LogP contribution in [0.1, 0.15) is 23.6 Å². The second kappa shape index (κ2) is 6.71. The molecular formula is C16H19BrN2. The first-order valence-electron chi connectivity index (χ1n) is 6.54. The lowest BCUT2D eigenvalue weighted by Crippen LogP contribution is -2.22. The topological polar surface area (TPSA) is 16.1 Å². The molecule has 0 N–H and O–H groups in total. The number of benzene rings is 1. The third-order valence-corrected chi connectivity index (χ3v) is 3.94. The lowest BCUT2D eigenvalue weighted by molar-refractivity contribution is 0.829. The summed E-state index contributed by atoms with van der Waals surface area (Å²) in [5, 5.41) is 0.912. The van der Waals surface area contributed by atoms with Crippen molar-refractivity contribution in [2.24, 2.45) is 0 Å². The molecule has 1 aromatic carbocycles. The van der Waals surface area contributed by atoms with Crippen LogP contribution in [-0.2, 0) is 11.9 Å². The number of aryl methyl sites for hydroxylation is 1. The summed E-state index contributed by atoms with van der Waals surface area (Å²) in [5.41, 5.74) is 5.26. The highest BCUT2D eigenvalue weighted by Gasteiger charge is 2.07. The number of pyridine rings is 1. The molecule has 1 aromatic heterocycles. The van der Waals surface area contributed by atoms with Crippen molar-refractivity contribution in [1.82, 2.24) is 4.98 Å². The van der Waals surface area contributed by atoms with E-state index in [9.17, 15) is 0 Å². The Balaban J connectivity index is 2.20. The molecule has 2 nitrogen and oxygen atoms in total. The van der Waals surface area contributed by atoms with E-state index in [2.05, 4.69) is 70.0 Å². The van der Waals surface area contributed by atoms with Crippen LogP contribution in [0, 0.1) is 6.92 Å². The zero-order chi connectivity index (χ0) is 13.7. The third-order valence-electron chi connectivity index (χ3n) is 3.34. The Kier molecular flexibility index (Phi) is 4.97. The summed E-state index contributed by atoms with van der Waals surface area (Å²) in [5.74, 6) is 0. The monoisotopic (exact) mass is 318 g/mol. The highest BCUT2D eigenvalue weighted by molar-refractivity contribution is 9.08. The molecule has 0 aliphatic rings. The Morgan fingerprint density at radius 2 is 1.89 bits per heavy atom. The molecule has 0 fully saturated rings. The first-order valence-corrected chi connectivity index (χ1v) is 7.66. The quantitative estimate of drug-likeness (QED) is 0.763. The summed E-state index contributed by atoms with van der Waals surface area (Å²) in [7, 11) is 0. The molecule has 0 atom stereocenters. The van der Waals surface area contributed by atoms with E-state index >= 15 is 0 Å². The van der Waals surface area contributed by atoms with Crippen molar-refractivity contribution in [3.05, 3.63) is 59.4 Å². The van der Waals surface area contributed by atoms with Gasteiger partial charge < -0.3 is 4.90 Å². The Labute approximate surface area is 123 Å². The van der Waals surface area contributed by atoms with Crippen molar-refractivity contribution >= 4 is 21.6 Å². The second-order valence-electron chi connectivity index (χ2n) is 4.61. The Morgan fingerprint density at radius 3 is 2.47 bits per heavy atom.